The average Bonchev–Trinajstić information content (AvgIpc) is 2.60. The van der Waals surface area contributed by atoms with E-state index in [1.165, 1.54) is 7.11 Å². The maximum atomic E-state index is 12.3. The number of methoxy groups -OCH3 is 1. The Morgan fingerprint density at radius 2 is 1.80 bits per heavy atom. The van der Waals surface area contributed by atoms with Gasteiger partial charge in [0.15, 0.2) is 6.61 Å². The van der Waals surface area contributed by atoms with Gasteiger partial charge in [-0.3, -0.25) is 4.79 Å². The van der Waals surface area contributed by atoms with Crippen molar-refractivity contribution in [1.29, 1.82) is 0 Å². The van der Waals surface area contributed by atoms with Gasteiger partial charge in [-0.05, 0) is 54.8 Å². The molecule has 1 atom stereocenters. The van der Waals surface area contributed by atoms with E-state index in [9.17, 15) is 9.59 Å². The predicted molar refractivity (Wildman–Crippen MR) is 93.7 cm³/mol. The third-order valence-corrected chi connectivity index (χ3v) is 4.12. The first kappa shape index (κ1) is 16.8. The third kappa shape index (κ3) is 3.42. The number of carbonyl (C=O) groups excluding carboxylic acids is 2. The Morgan fingerprint density at radius 3 is 2.48 bits per heavy atom. The summed E-state index contributed by atoms with van der Waals surface area (Å²) in [6, 6.07) is 11.3. The third-order valence-electron chi connectivity index (χ3n) is 4.12. The van der Waals surface area contributed by atoms with Crippen LogP contribution in [0.25, 0.3) is 0 Å². The molecule has 0 aromatic heterocycles. The van der Waals surface area contributed by atoms with Crippen molar-refractivity contribution in [3.8, 4) is 5.75 Å². The zero-order valence-corrected chi connectivity index (χ0v) is 14.4. The van der Waals surface area contributed by atoms with E-state index in [0.717, 1.165) is 22.4 Å². The van der Waals surface area contributed by atoms with Gasteiger partial charge < -0.3 is 20.1 Å². The first-order valence-corrected chi connectivity index (χ1v) is 7.97. The van der Waals surface area contributed by atoms with Gasteiger partial charge in [-0.1, -0.05) is 12.1 Å². The highest BCUT2D eigenvalue weighted by atomic mass is 16.6. The quantitative estimate of drug-likeness (QED) is 0.837. The second-order valence-electron chi connectivity index (χ2n) is 5.95. The Bertz CT molecular complexity index is 809. The molecule has 0 spiro atoms. The van der Waals surface area contributed by atoms with Crippen LogP contribution in [0.3, 0.4) is 0 Å². The summed E-state index contributed by atoms with van der Waals surface area (Å²) in [5.74, 6) is 0.109. The van der Waals surface area contributed by atoms with E-state index in [4.69, 9.17) is 4.74 Å². The molecule has 25 heavy (non-hydrogen) atoms. The smallest absolute Gasteiger partial charge is 0.343 e. The van der Waals surface area contributed by atoms with E-state index < -0.39 is 5.97 Å². The zero-order valence-electron chi connectivity index (χ0n) is 14.4. The molecule has 1 aliphatic heterocycles. The number of para-hydroxylation sites is 1. The second kappa shape index (κ2) is 6.84. The van der Waals surface area contributed by atoms with E-state index >= 15 is 0 Å². The molecule has 6 nitrogen and oxygen atoms in total. The van der Waals surface area contributed by atoms with Crippen LogP contribution in [0.15, 0.2) is 36.4 Å². The van der Waals surface area contributed by atoms with Crippen molar-refractivity contribution < 1.29 is 19.1 Å². The van der Waals surface area contributed by atoms with Gasteiger partial charge in [0.2, 0.25) is 0 Å². The zero-order chi connectivity index (χ0) is 18.0. The fourth-order valence-electron chi connectivity index (χ4n) is 2.94. The van der Waals surface area contributed by atoms with Crippen LogP contribution in [0.1, 0.15) is 33.2 Å². The van der Waals surface area contributed by atoms with Crippen molar-refractivity contribution in [1.82, 2.24) is 5.32 Å². The highest BCUT2D eigenvalue weighted by Gasteiger charge is 2.25. The lowest BCUT2D eigenvalue weighted by molar-refractivity contribution is -0.142. The number of benzene rings is 2. The SMILES string of the molecule is COC(=O)COc1c(C)cc([C@H]2NC(=O)c3ccccc3N2)cc1C. The lowest BCUT2D eigenvalue weighted by Crippen LogP contribution is -2.38. The highest BCUT2D eigenvalue weighted by Crippen LogP contribution is 2.31. The van der Waals surface area contributed by atoms with E-state index in [1.54, 1.807) is 6.07 Å². The van der Waals surface area contributed by atoms with E-state index in [2.05, 4.69) is 15.4 Å². The molecule has 0 saturated carbocycles. The molecule has 0 unspecified atom stereocenters. The molecule has 1 aliphatic rings. The number of hydrogen-bond donors (Lipinski definition) is 2. The summed E-state index contributed by atoms with van der Waals surface area (Å²) in [6.45, 7) is 3.67. The summed E-state index contributed by atoms with van der Waals surface area (Å²) in [5.41, 5.74) is 4.12. The number of hydrogen-bond acceptors (Lipinski definition) is 5. The lowest BCUT2D eigenvalue weighted by atomic mass is 10.0. The number of aryl methyl sites for hydroxylation is 2. The molecule has 6 heteroatoms. The predicted octanol–water partition coefficient (Wildman–Crippen LogP) is 2.71. The van der Waals surface area contributed by atoms with Crippen LogP contribution in [-0.4, -0.2) is 25.6 Å². The topological polar surface area (TPSA) is 76.7 Å². The largest absolute Gasteiger partial charge is 0.481 e. The molecular formula is C19H20N2O4. The summed E-state index contributed by atoms with van der Waals surface area (Å²) in [5, 5.41) is 6.29. The van der Waals surface area contributed by atoms with Crippen LogP contribution in [0.5, 0.6) is 5.75 Å². The summed E-state index contributed by atoms with van der Waals surface area (Å²) in [7, 11) is 1.32. The highest BCUT2D eigenvalue weighted by molar-refractivity contribution is 6.01. The van der Waals surface area contributed by atoms with Gasteiger partial charge in [0.1, 0.15) is 11.9 Å². The number of carbonyl (C=O) groups is 2. The Labute approximate surface area is 146 Å². The van der Waals surface area contributed by atoms with Crippen LogP contribution >= 0.6 is 0 Å². The van der Waals surface area contributed by atoms with Crippen LogP contribution in [-0.2, 0) is 9.53 Å². The molecule has 2 N–H and O–H groups in total. The van der Waals surface area contributed by atoms with Crippen molar-refractivity contribution in [2.75, 3.05) is 19.0 Å². The maximum absolute atomic E-state index is 12.3. The number of amides is 1. The Balaban J connectivity index is 1.85. The van der Waals surface area contributed by atoms with Crippen molar-refractivity contribution in [2.24, 2.45) is 0 Å². The van der Waals surface area contributed by atoms with Crippen LogP contribution in [0.2, 0.25) is 0 Å². The van der Waals surface area contributed by atoms with Crippen molar-refractivity contribution >= 4 is 17.6 Å². The molecule has 0 fully saturated rings. The van der Waals surface area contributed by atoms with Gasteiger partial charge in [0, 0.05) is 5.69 Å². The minimum atomic E-state index is -0.430. The molecule has 130 valence electrons. The fourth-order valence-corrected chi connectivity index (χ4v) is 2.94. The molecule has 3 rings (SSSR count). The molecule has 2 aromatic rings. The minimum absolute atomic E-state index is 0.110. The number of rotatable bonds is 4. The molecule has 0 saturated heterocycles. The first-order valence-electron chi connectivity index (χ1n) is 7.97. The van der Waals surface area contributed by atoms with Gasteiger partial charge in [-0.15, -0.1) is 0 Å². The fraction of sp³-hybridized carbons (Fsp3) is 0.263. The van der Waals surface area contributed by atoms with E-state index in [0.29, 0.717) is 11.3 Å². The second-order valence-corrected chi connectivity index (χ2v) is 5.95. The minimum Gasteiger partial charge on any atom is -0.481 e. The van der Waals surface area contributed by atoms with Crippen LogP contribution in [0, 0.1) is 13.8 Å². The number of ether oxygens (including phenoxy) is 2. The van der Waals surface area contributed by atoms with Gasteiger partial charge in [-0.2, -0.15) is 0 Å². The number of nitrogens with one attached hydrogen (secondary N) is 2. The summed E-state index contributed by atoms with van der Waals surface area (Å²) < 4.78 is 10.2. The summed E-state index contributed by atoms with van der Waals surface area (Å²) >= 11 is 0. The van der Waals surface area contributed by atoms with E-state index in [1.807, 2.05) is 44.2 Å². The Morgan fingerprint density at radius 1 is 1.12 bits per heavy atom. The molecule has 1 heterocycles. The Kier molecular flexibility index (Phi) is 4.61. The lowest BCUT2D eigenvalue weighted by Gasteiger charge is -2.29. The standard InChI is InChI=1S/C19H20N2O4/c1-11-8-13(9-12(2)17(11)25-10-16(22)24-3)18-20-15-7-5-4-6-14(15)19(23)21-18/h4-9,18,20H,10H2,1-3H3,(H,21,23)/t18-/m1/s1. The molecule has 2 aromatic carbocycles. The van der Waals surface area contributed by atoms with Crippen molar-refractivity contribution in [3.05, 3.63) is 58.7 Å². The number of esters is 1. The summed E-state index contributed by atoms with van der Waals surface area (Å²) in [6.07, 6.45) is -0.325. The molecular weight excluding hydrogens is 320 g/mol. The molecule has 0 bridgehead atoms. The van der Waals surface area contributed by atoms with E-state index in [-0.39, 0.29) is 18.7 Å². The number of anilines is 1. The Hall–Kier alpha value is -3.02. The van der Waals surface area contributed by atoms with Crippen LogP contribution in [0.4, 0.5) is 5.69 Å². The van der Waals surface area contributed by atoms with Gasteiger partial charge in [0.25, 0.3) is 5.91 Å². The van der Waals surface area contributed by atoms with Crippen LogP contribution < -0.4 is 15.4 Å². The normalized spacial score (nSPS) is 15.6. The maximum Gasteiger partial charge on any atom is 0.343 e. The van der Waals surface area contributed by atoms with Crippen molar-refractivity contribution in [3.63, 3.8) is 0 Å². The van der Waals surface area contributed by atoms with Gasteiger partial charge in [-0.25, -0.2) is 4.79 Å². The first-order chi connectivity index (χ1) is 12.0. The summed E-state index contributed by atoms with van der Waals surface area (Å²) in [4.78, 5) is 23.6. The monoisotopic (exact) mass is 340 g/mol. The average molecular weight is 340 g/mol. The van der Waals surface area contributed by atoms with Gasteiger partial charge in [0.05, 0.1) is 12.7 Å². The molecule has 1 amide bonds. The van der Waals surface area contributed by atoms with Gasteiger partial charge >= 0.3 is 5.97 Å². The molecule has 0 radical (unpaired) electrons. The van der Waals surface area contributed by atoms with Crippen molar-refractivity contribution in [2.45, 2.75) is 20.0 Å². The number of fused-ring (bicyclic) bond motifs is 1. The molecule has 0 aliphatic carbocycles.